The third kappa shape index (κ3) is 5.67. The van der Waals surface area contributed by atoms with Crippen LogP contribution in [-0.4, -0.2) is 75.4 Å². The smallest absolute Gasteiger partial charge is 0.251 e. The van der Waals surface area contributed by atoms with Crippen molar-refractivity contribution >= 4 is 28.3 Å². The first kappa shape index (κ1) is 23.1. The zero-order valence-electron chi connectivity index (χ0n) is 16.4. The lowest BCUT2D eigenvalue weighted by molar-refractivity contribution is 0.0947. The van der Waals surface area contributed by atoms with Gasteiger partial charge in [-0.2, -0.15) is 4.31 Å². The van der Waals surface area contributed by atoms with Crippen molar-refractivity contribution in [2.24, 2.45) is 0 Å². The minimum Gasteiger partial charge on any atom is -0.351 e. The summed E-state index contributed by atoms with van der Waals surface area (Å²) >= 11 is 0. The van der Waals surface area contributed by atoms with Crippen LogP contribution in [0.5, 0.6) is 0 Å². The van der Waals surface area contributed by atoms with Gasteiger partial charge in [0.05, 0.1) is 4.90 Å². The molecule has 2 aliphatic heterocycles. The van der Waals surface area contributed by atoms with E-state index in [1.54, 1.807) is 22.5 Å². The van der Waals surface area contributed by atoms with Crippen LogP contribution in [0.2, 0.25) is 0 Å². The molecule has 1 unspecified atom stereocenters. The summed E-state index contributed by atoms with van der Waals surface area (Å²) in [5.41, 5.74) is 0.390. The summed E-state index contributed by atoms with van der Waals surface area (Å²) in [4.78, 5) is 15.0. The Morgan fingerprint density at radius 3 is 2.68 bits per heavy atom. The van der Waals surface area contributed by atoms with Gasteiger partial charge in [-0.05, 0) is 38.0 Å². The normalized spacial score (nSPS) is 21.7. The Bertz CT molecular complexity index is 753. The van der Waals surface area contributed by atoms with Gasteiger partial charge < -0.3 is 10.6 Å². The fourth-order valence-corrected chi connectivity index (χ4v) is 5.47. The highest BCUT2D eigenvalue weighted by Gasteiger charge is 2.31. The van der Waals surface area contributed by atoms with Crippen molar-refractivity contribution in [3.8, 4) is 0 Å². The molecule has 1 aromatic carbocycles. The summed E-state index contributed by atoms with van der Waals surface area (Å²) in [6.45, 7) is 7.77. The Kier molecular flexibility index (Phi) is 8.70. The van der Waals surface area contributed by atoms with Crippen LogP contribution in [0.1, 0.15) is 36.5 Å². The number of sulfonamides is 1. The molecule has 158 valence electrons. The van der Waals surface area contributed by atoms with Gasteiger partial charge >= 0.3 is 0 Å². The number of rotatable bonds is 6. The van der Waals surface area contributed by atoms with Crippen molar-refractivity contribution in [3.05, 3.63) is 29.8 Å². The molecule has 1 aromatic rings. The van der Waals surface area contributed by atoms with E-state index in [1.807, 2.05) is 6.92 Å². The lowest BCUT2D eigenvalue weighted by Gasteiger charge is -2.32. The van der Waals surface area contributed by atoms with Gasteiger partial charge in [0.25, 0.3) is 5.91 Å². The molecule has 7 nitrogen and oxygen atoms in total. The Morgan fingerprint density at radius 2 is 1.96 bits per heavy atom. The number of piperazine rings is 1. The van der Waals surface area contributed by atoms with Gasteiger partial charge in [-0.1, -0.05) is 12.5 Å². The van der Waals surface area contributed by atoms with Crippen molar-refractivity contribution in [3.63, 3.8) is 0 Å². The van der Waals surface area contributed by atoms with Crippen molar-refractivity contribution in [1.82, 2.24) is 19.8 Å². The van der Waals surface area contributed by atoms with Crippen molar-refractivity contribution in [1.29, 1.82) is 0 Å². The van der Waals surface area contributed by atoms with E-state index < -0.39 is 10.0 Å². The van der Waals surface area contributed by atoms with Crippen LogP contribution < -0.4 is 10.6 Å². The van der Waals surface area contributed by atoms with Crippen LogP contribution in [-0.2, 0) is 10.0 Å². The minimum atomic E-state index is -3.57. The number of halogens is 1. The van der Waals surface area contributed by atoms with Crippen molar-refractivity contribution < 1.29 is 13.2 Å². The van der Waals surface area contributed by atoms with Gasteiger partial charge in [0, 0.05) is 57.4 Å². The van der Waals surface area contributed by atoms with Crippen LogP contribution in [0.4, 0.5) is 0 Å². The number of hydrogen-bond acceptors (Lipinski definition) is 5. The molecule has 1 amide bonds. The minimum absolute atomic E-state index is 0. The molecule has 9 heteroatoms. The number of nitrogens with one attached hydrogen (secondary N) is 2. The Labute approximate surface area is 174 Å². The number of amides is 1. The van der Waals surface area contributed by atoms with Crippen LogP contribution in [0.25, 0.3) is 0 Å². The van der Waals surface area contributed by atoms with Gasteiger partial charge in [-0.3, -0.25) is 9.69 Å². The molecule has 2 fully saturated rings. The monoisotopic (exact) mass is 430 g/mol. The van der Waals surface area contributed by atoms with Crippen molar-refractivity contribution in [2.45, 2.75) is 37.1 Å². The standard InChI is InChI=1S/C19H30N4O3S.ClH/c1-16-5-2-3-11-23(16)27(25,26)18-7-4-6-17(15-18)19(24)21-10-14-22-12-8-20-9-13-22;/h4,6-7,15-16,20H,2-3,5,8-14H2,1H3,(H,21,24);1H. The fourth-order valence-electron chi connectivity index (χ4n) is 3.73. The Balaban J connectivity index is 0.00000280. The van der Waals surface area contributed by atoms with Gasteiger partial charge in [0.1, 0.15) is 0 Å². The molecule has 0 spiro atoms. The summed E-state index contributed by atoms with van der Waals surface area (Å²) in [7, 11) is -3.57. The van der Waals surface area contributed by atoms with Gasteiger partial charge in [-0.15, -0.1) is 12.4 Å². The molecule has 28 heavy (non-hydrogen) atoms. The molecular formula is C19H31ClN4O3S. The lowest BCUT2D eigenvalue weighted by atomic mass is 10.1. The third-order valence-electron chi connectivity index (χ3n) is 5.37. The van der Waals surface area contributed by atoms with E-state index in [2.05, 4.69) is 15.5 Å². The number of carbonyl (C=O) groups excluding carboxylic acids is 1. The average molecular weight is 431 g/mol. The molecule has 0 aliphatic carbocycles. The highest BCUT2D eigenvalue weighted by Crippen LogP contribution is 2.25. The molecule has 1 atom stereocenters. The van der Waals surface area contributed by atoms with Crippen LogP contribution >= 0.6 is 12.4 Å². The zero-order valence-corrected chi connectivity index (χ0v) is 18.0. The predicted octanol–water partition coefficient (Wildman–Crippen LogP) is 1.31. The highest BCUT2D eigenvalue weighted by atomic mass is 35.5. The maximum Gasteiger partial charge on any atom is 0.251 e. The van der Waals surface area contributed by atoms with Crippen LogP contribution in [0.15, 0.2) is 29.2 Å². The van der Waals surface area contributed by atoms with Crippen LogP contribution in [0.3, 0.4) is 0 Å². The number of piperidine rings is 1. The Hall–Kier alpha value is -1.19. The van der Waals surface area contributed by atoms with E-state index >= 15 is 0 Å². The number of carbonyl (C=O) groups is 1. The maximum atomic E-state index is 13.0. The number of benzene rings is 1. The molecule has 0 radical (unpaired) electrons. The largest absolute Gasteiger partial charge is 0.351 e. The maximum absolute atomic E-state index is 13.0. The second kappa shape index (κ2) is 10.5. The molecule has 0 saturated carbocycles. The van der Waals surface area contributed by atoms with E-state index in [0.717, 1.165) is 52.0 Å². The predicted molar refractivity (Wildman–Crippen MR) is 113 cm³/mol. The summed E-state index contributed by atoms with van der Waals surface area (Å²) in [5.74, 6) is -0.228. The molecule has 2 heterocycles. The number of nitrogens with zero attached hydrogens (tertiary/aromatic N) is 2. The van der Waals surface area contributed by atoms with Crippen LogP contribution in [0, 0.1) is 0 Å². The summed E-state index contributed by atoms with van der Waals surface area (Å²) in [6, 6.07) is 6.39. The lowest BCUT2D eigenvalue weighted by Crippen LogP contribution is -2.46. The number of hydrogen-bond donors (Lipinski definition) is 2. The molecule has 0 bridgehead atoms. The first-order valence-electron chi connectivity index (χ1n) is 9.81. The molecule has 3 rings (SSSR count). The highest BCUT2D eigenvalue weighted by molar-refractivity contribution is 7.89. The van der Waals surface area contributed by atoms with E-state index in [0.29, 0.717) is 18.7 Å². The third-order valence-corrected chi connectivity index (χ3v) is 7.38. The fraction of sp³-hybridized carbons (Fsp3) is 0.632. The molecule has 0 aromatic heterocycles. The Morgan fingerprint density at radius 1 is 1.21 bits per heavy atom. The topological polar surface area (TPSA) is 81.8 Å². The van der Waals surface area contributed by atoms with Crippen molar-refractivity contribution in [2.75, 3.05) is 45.8 Å². The quantitative estimate of drug-likeness (QED) is 0.711. The van der Waals surface area contributed by atoms with E-state index in [1.165, 1.54) is 6.07 Å². The molecule has 2 saturated heterocycles. The average Bonchev–Trinajstić information content (AvgIpc) is 2.69. The molecular weight excluding hydrogens is 400 g/mol. The zero-order chi connectivity index (χ0) is 19.3. The first-order chi connectivity index (χ1) is 13.0. The van der Waals surface area contributed by atoms with Gasteiger partial charge in [0.2, 0.25) is 10.0 Å². The SMILES string of the molecule is CC1CCCCN1S(=O)(=O)c1cccc(C(=O)NCCN2CCNCC2)c1.Cl. The molecule has 2 aliphatic rings. The van der Waals surface area contributed by atoms with E-state index in [-0.39, 0.29) is 29.3 Å². The second-order valence-electron chi connectivity index (χ2n) is 7.34. The summed E-state index contributed by atoms with van der Waals surface area (Å²) in [6.07, 6.45) is 2.82. The summed E-state index contributed by atoms with van der Waals surface area (Å²) in [5, 5.41) is 6.20. The summed E-state index contributed by atoms with van der Waals surface area (Å²) < 4.78 is 27.5. The van der Waals surface area contributed by atoms with Gasteiger partial charge in [-0.25, -0.2) is 8.42 Å². The van der Waals surface area contributed by atoms with E-state index in [4.69, 9.17) is 0 Å². The molecule has 2 N–H and O–H groups in total. The second-order valence-corrected chi connectivity index (χ2v) is 9.23. The van der Waals surface area contributed by atoms with Gasteiger partial charge in [0.15, 0.2) is 0 Å². The first-order valence-corrected chi connectivity index (χ1v) is 11.3. The van der Waals surface area contributed by atoms with E-state index in [9.17, 15) is 13.2 Å².